The summed E-state index contributed by atoms with van der Waals surface area (Å²) in [6.07, 6.45) is 4.08. The molecule has 1 aromatic rings. The van der Waals surface area contributed by atoms with Crippen molar-refractivity contribution in [2.75, 3.05) is 13.1 Å². The normalized spacial score (nSPS) is 31.6. The van der Waals surface area contributed by atoms with Gasteiger partial charge in [-0.05, 0) is 37.7 Å². The van der Waals surface area contributed by atoms with Gasteiger partial charge in [0.1, 0.15) is 0 Å². The molecule has 0 aromatic heterocycles. The summed E-state index contributed by atoms with van der Waals surface area (Å²) in [6.45, 7) is 3.90. The molecule has 3 unspecified atom stereocenters. The molecule has 92 valence electrons. The second-order valence-electron chi connectivity index (χ2n) is 5.90. The Morgan fingerprint density at radius 2 is 2.06 bits per heavy atom. The molecule has 2 nitrogen and oxygen atoms in total. The minimum Gasteiger partial charge on any atom is -0.384 e. The van der Waals surface area contributed by atoms with Crippen molar-refractivity contribution in [2.45, 2.75) is 37.8 Å². The molecule has 1 aliphatic heterocycles. The lowest BCUT2D eigenvalue weighted by atomic mass is 9.94. The third-order valence-corrected chi connectivity index (χ3v) is 4.43. The van der Waals surface area contributed by atoms with Gasteiger partial charge in [-0.25, -0.2) is 0 Å². The highest BCUT2D eigenvalue weighted by atomic mass is 16.3. The van der Waals surface area contributed by atoms with Crippen LogP contribution < -0.4 is 0 Å². The Balaban J connectivity index is 1.72. The maximum absolute atomic E-state index is 10.6. The number of hydrogen-bond donors (Lipinski definition) is 1. The average Bonchev–Trinajstić information content (AvgIpc) is 2.91. The zero-order valence-corrected chi connectivity index (χ0v) is 10.5. The van der Waals surface area contributed by atoms with E-state index in [-0.39, 0.29) is 0 Å². The van der Waals surface area contributed by atoms with E-state index < -0.39 is 5.60 Å². The lowest BCUT2D eigenvalue weighted by molar-refractivity contribution is 0.00655. The monoisotopic (exact) mass is 231 g/mol. The Morgan fingerprint density at radius 3 is 2.65 bits per heavy atom. The average molecular weight is 231 g/mol. The number of likely N-dealkylation sites (tertiary alicyclic amines) is 1. The molecular weight excluding hydrogens is 210 g/mol. The van der Waals surface area contributed by atoms with Gasteiger partial charge in [-0.1, -0.05) is 30.3 Å². The highest BCUT2D eigenvalue weighted by Gasteiger charge is 2.40. The number of β-amino-alcohol motifs (C(OH)–C–C–N with tert-alkyl or cyclic N) is 1. The summed E-state index contributed by atoms with van der Waals surface area (Å²) >= 11 is 0. The third kappa shape index (κ3) is 2.12. The molecule has 0 spiro atoms. The number of piperidine rings is 1. The zero-order chi connectivity index (χ0) is 11.9. The van der Waals surface area contributed by atoms with Crippen molar-refractivity contribution in [1.82, 2.24) is 4.90 Å². The van der Waals surface area contributed by atoms with Gasteiger partial charge >= 0.3 is 0 Å². The molecule has 2 aliphatic rings. The summed E-state index contributed by atoms with van der Waals surface area (Å²) < 4.78 is 0. The van der Waals surface area contributed by atoms with Crippen LogP contribution in [0.4, 0.5) is 0 Å². The van der Waals surface area contributed by atoms with Crippen molar-refractivity contribution in [3.63, 3.8) is 0 Å². The van der Waals surface area contributed by atoms with Gasteiger partial charge in [-0.15, -0.1) is 0 Å². The first-order chi connectivity index (χ1) is 8.15. The molecule has 1 N–H and O–H groups in total. The van der Waals surface area contributed by atoms with E-state index in [2.05, 4.69) is 4.90 Å². The Hall–Kier alpha value is -0.860. The summed E-state index contributed by atoms with van der Waals surface area (Å²) in [6, 6.07) is 10.8. The fourth-order valence-corrected chi connectivity index (χ4v) is 3.50. The molecular formula is C15H21NO. The summed E-state index contributed by atoms with van der Waals surface area (Å²) in [5, 5.41) is 10.6. The molecule has 2 bridgehead atoms. The Bertz CT molecular complexity index is 387. The highest BCUT2D eigenvalue weighted by Crippen LogP contribution is 2.38. The number of fused-ring (bicyclic) bond motifs is 2. The van der Waals surface area contributed by atoms with Crippen molar-refractivity contribution >= 4 is 0 Å². The van der Waals surface area contributed by atoms with E-state index in [1.807, 2.05) is 37.3 Å². The quantitative estimate of drug-likeness (QED) is 0.863. The molecule has 1 saturated heterocycles. The second-order valence-corrected chi connectivity index (χ2v) is 5.90. The zero-order valence-electron chi connectivity index (χ0n) is 10.5. The van der Waals surface area contributed by atoms with Crippen LogP contribution in [0.25, 0.3) is 0 Å². The largest absolute Gasteiger partial charge is 0.384 e. The van der Waals surface area contributed by atoms with E-state index in [0.717, 1.165) is 24.1 Å². The van der Waals surface area contributed by atoms with Crippen molar-refractivity contribution in [3.05, 3.63) is 35.9 Å². The molecule has 1 aliphatic carbocycles. The number of rotatable bonds is 3. The number of hydrogen-bond acceptors (Lipinski definition) is 2. The molecule has 1 aromatic carbocycles. The molecule has 0 amide bonds. The topological polar surface area (TPSA) is 23.5 Å². The highest BCUT2D eigenvalue weighted by molar-refractivity contribution is 5.22. The van der Waals surface area contributed by atoms with Crippen LogP contribution in [0.15, 0.2) is 30.3 Å². The summed E-state index contributed by atoms with van der Waals surface area (Å²) in [7, 11) is 0. The van der Waals surface area contributed by atoms with Gasteiger partial charge in [-0.3, -0.25) is 4.90 Å². The predicted molar refractivity (Wildman–Crippen MR) is 68.7 cm³/mol. The molecule has 17 heavy (non-hydrogen) atoms. The minimum absolute atomic E-state index is 0.717. The van der Waals surface area contributed by atoms with Crippen molar-refractivity contribution in [1.29, 1.82) is 0 Å². The first kappa shape index (κ1) is 11.2. The fourth-order valence-electron chi connectivity index (χ4n) is 3.50. The molecule has 3 rings (SSSR count). The predicted octanol–water partition coefficient (Wildman–Crippen LogP) is 2.38. The van der Waals surface area contributed by atoms with Crippen LogP contribution in [0.5, 0.6) is 0 Å². The van der Waals surface area contributed by atoms with Crippen LogP contribution in [0.3, 0.4) is 0 Å². The van der Waals surface area contributed by atoms with Crippen LogP contribution >= 0.6 is 0 Å². The van der Waals surface area contributed by atoms with E-state index >= 15 is 0 Å². The maximum Gasteiger partial charge on any atom is 0.0994 e. The van der Waals surface area contributed by atoms with Gasteiger partial charge in [0.25, 0.3) is 0 Å². The number of nitrogens with zero attached hydrogens (tertiary/aromatic N) is 1. The third-order valence-electron chi connectivity index (χ3n) is 4.43. The van der Waals surface area contributed by atoms with Gasteiger partial charge in [0.2, 0.25) is 0 Å². The Kier molecular flexibility index (Phi) is 2.72. The molecule has 3 atom stereocenters. The minimum atomic E-state index is -0.717. The SMILES string of the molecule is CC(O)(CN1CC2CCC1C2)c1ccccc1. The van der Waals surface area contributed by atoms with Gasteiger partial charge in [0.15, 0.2) is 0 Å². The van der Waals surface area contributed by atoms with E-state index in [9.17, 15) is 5.11 Å². The van der Waals surface area contributed by atoms with Gasteiger partial charge < -0.3 is 5.11 Å². The van der Waals surface area contributed by atoms with Crippen molar-refractivity contribution < 1.29 is 5.11 Å². The van der Waals surface area contributed by atoms with Crippen LogP contribution in [0.2, 0.25) is 0 Å². The Labute approximate surface area is 103 Å². The number of aliphatic hydroxyl groups is 1. The smallest absolute Gasteiger partial charge is 0.0994 e. The van der Waals surface area contributed by atoms with Crippen molar-refractivity contribution in [3.8, 4) is 0 Å². The number of benzene rings is 1. The van der Waals surface area contributed by atoms with Gasteiger partial charge in [0.05, 0.1) is 5.60 Å². The molecule has 2 fully saturated rings. The van der Waals surface area contributed by atoms with E-state index in [0.29, 0.717) is 0 Å². The summed E-state index contributed by atoms with van der Waals surface area (Å²) in [5.41, 5.74) is 0.314. The van der Waals surface area contributed by atoms with Crippen LogP contribution in [0, 0.1) is 5.92 Å². The van der Waals surface area contributed by atoms with Gasteiger partial charge in [-0.2, -0.15) is 0 Å². The van der Waals surface area contributed by atoms with Crippen LogP contribution in [-0.4, -0.2) is 29.1 Å². The van der Waals surface area contributed by atoms with E-state index in [1.54, 1.807) is 0 Å². The fraction of sp³-hybridized carbons (Fsp3) is 0.600. The van der Waals surface area contributed by atoms with Crippen LogP contribution in [0.1, 0.15) is 31.7 Å². The molecule has 1 heterocycles. The standard InChI is InChI=1S/C15H21NO/c1-15(17,13-5-3-2-4-6-13)11-16-10-12-7-8-14(16)9-12/h2-6,12,14,17H,7-11H2,1H3. The first-order valence-corrected chi connectivity index (χ1v) is 6.67. The first-order valence-electron chi connectivity index (χ1n) is 6.67. The summed E-state index contributed by atoms with van der Waals surface area (Å²) in [5.74, 6) is 0.895. The van der Waals surface area contributed by atoms with Crippen LogP contribution in [-0.2, 0) is 5.60 Å². The summed E-state index contributed by atoms with van der Waals surface area (Å²) in [4.78, 5) is 2.49. The molecule has 0 radical (unpaired) electrons. The van der Waals surface area contributed by atoms with E-state index in [1.165, 1.54) is 25.8 Å². The van der Waals surface area contributed by atoms with E-state index in [4.69, 9.17) is 0 Å². The lowest BCUT2D eigenvalue weighted by Gasteiger charge is -2.34. The second kappa shape index (κ2) is 4.11. The maximum atomic E-state index is 10.6. The lowest BCUT2D eigenvalue weighted by Crippen LogP contribution is -2.42. The molecule has 2 heteroatoms. The van der Waals surface area contributed by atoms with Gasteiger partial charge in [0, 0.05) is 19.1 Å². The van der Waals surface area contributed by atoms with Crippen molar-refractivity contribution in [2.24, 2.45) is 5.92 Å². The molecule has 1 saturated carbocycles. The Morgan fingerprint density at radius 1 is 1.29 bits per heavy atom.